The number of hydrogen-bond donors (Lipinski definition) is 2. The molecule has 0 atom stereocenters. The van der Waals surface area contributed by atoms with Gasteiger partial charge in [-0.25, -0.2) is 0 Å². The number of nitrogens with zero attached hydrogens (tertiary/aromatic N) is 1. The normalized spacial score (nSPS) is 11.2. The molecule has 2 aromatic rings. The average Bonchev–Trinajstić information content (AvgIpc) is 2.39. The van der Waals surface area contributed by atoms with Gasteiger partial charge >= 0.3 is 0 Å². The maximum atomic E-state index is 5.91. The molecule has 21 heavy (non-hydrogen) atoms. The SMILES string of the molecule is CC(C)(C)Oc1nc(NCc2ccccc2Br)ccc1N. The Morgan fingerprint density at radius 2 is 1.90 bits per heavy atom. The van der Waals surface area contributed by atoms with Crippen molar-refractivity contribution in [3.63, 3.8) is 0 Å². The highest BCUT2D eigenvalue weighted by molar-refractivity contribution is 9.10. The van der Waals surface area contributed by atoms with Crippen molar-refractivity contribution < 1.29 is 4.74 Å². The smallest absolute Gasteiger partial charge is 0.239 e. The Hall–Kier alpha value is -1.75. The first kappa shape index (κ1) is 15.6. The van der Waals surface area contributed by atoms with E-state index in [4.69, 9.17) is 10.5 Å². The number of hydrogen-bond acceptors (Lipinski definition) is 4. The lowest BCUT2D eigenvalue weighted by Crippen LogP contribution is -2.24. The first-order valence-corrected chi connectivity index (χ1v) is 7.57. The molecule has 0 aliphatic rings. The summed E-state index contributed by atoms with van der Waals surface area (Å²) in [6.45, 7) is 6.58. The Labute approximate surface area is 133 Å². The van der Waals surface area contributed by atoms with E-state index >= 15 is 0 Å². The molecule has 1 aromatic heterocycles. The van der Waals surface area contributed by atoms with Crippen molar-refractivity contribution in [2.24, 2.45) is 0 Å². The molecule has 0 aliphatic carbocycles. The van der Waals surface area contributed by atoms with Crippen LogP contribution in [0.3, 0.4) is 0 Å². The van der Waals surface area contributed by atoms with Crippen molar-refractivity contribution in [1.29, 1.82) is 0 Å². The van der Waals surface area contributed by atoms with Crippen molar-refractivity contribution in [2.45, 2.75) is 32.9 Å². The van der Waals surface area contributed by atoms with Crippen LogP contribution in [-0.4, -0.2) is 10.6 Å². The molecule has 1 aromatic carbocycles. The lowest BCUT2D eigenvalue weighted by Gasteiger charge is -2.21. The van der Waals surface area contributed by atoms with Gasteiger partial charge < -0.3 is 15.8 Å². The van der Waals surface area contributed by atoms with Crippen molar-refractivity contribution in [3.8, 4) is 5.88 Å². The van der Waals surface area contributed by atoms with E-state index in [1.807, 2.05) is 45.0 Å². The fraction of sp³-hybridized carbons (Fsp3) is 0.312. The second-order valence-electron chi connectivity index (χ2n) is 5.75. The zero-order valence-electron chi connectivity index (χ0n) is 12.5. The minimum atomic E-state index is -0.331. The minimum absolute atomic E-state index is 0.331. The number of halogens is 1. The summed E-state index contributed by atoms with van der Waals surface area (Å²) in [6, 6.07) is 11.7. The summed E-state index contributed by atoms with van der Waals surface area (Å²) in [4.78, 5) is 4.43. The van der Waals surface area contributed by atoms with E-state index in [-0.39, 0.29) is 5.60 Å². The van der Waals surface area contributed by atoms with Crippen LogP contribution in [0.1, 0.15) is 26.3 Å². The van der Waals surface area contributed by atoms with Gasteiger partial charge in [0.05, 0.1) is 5.69 Å². The summed E-state index contributed by atoms with van der Waals surface area (Å²) in [5, 5.41) is 3.28. The van der Waals surface area contributed by atoms with Crippen LogP contribution in [-0.2, 0) is 6.54 Å². The van der Waals surface area contributed by atoms with E-state index < -0.39 is 0 Å². The minimum Gasteiger partial charge on any atom is -0.470 e. The highest BCUT2D eigenvalue weighted by atomic mass is 79.9. The van der Waals surface area contributed by atoms with Gasteiger partial charge in [0.15, 0.2) is 0 Å². The topological polar surface area (TPSA) is 60.2 Å². The number of nitrogen functional groups attached to an aromatic ring is 1. The second-order valence-corrected chi connectivity index (χ2v) is 6.60. The van der Waals surface area contributed by atoms with Crippen LogP contribution in [0.2, 0.25) is 0 Å². The Bertz CT molecular complexity index is 623. The van der Waals surface area contributed by atoms with Gasteiger partial charge in [0, 0.05) is 11.0 Å². The largest absolute Gasteiger partial charge is 0.470 e. The fourth-order valence-electron chi connectivity index (χ4n) is 1.75. The first-order chi connectivity index (χ1) is 9.85. The molecule has 0 amide bonds. The van der Waals surface area contributed by atoms with Crippen LogP contribution in [0, 0.1) is 0 Å². The summed E-state index contributed by atoms with van der Waals surface area (Å²) in [5.41, 5.74) is 7.27. The summed E-state index contributed by atoms with van der Waals surface area (Å²) in [5.74, 6) is 1.19. The summed E-state index contributed by atoms with van der Waals surface area (Å²) < 4.78 is 6.83. The van der Waals surface area contributed by atoms with Gasteiger partial charge in [0.2, 0.25) is 5.88 Å². The molecule has 4 nitrogen and oxygen atoms in total. The number of anilines is 2. The van der Waals surface area contributed by atoms with Gasteiger partial charge in [0.25, 0.3) is 0 Å². The molecule has 0 saturated heterocycles. The molecule has 0 fully saturated rings. The molecule has 5 heteroatoms. The van der Waals surface area contributed by atoms with Crippen molar-refractivity contribution in [1.82, 2.24) is 4.98 Å². The molecule has 2 rings (SSSR count). The van der Waals surface area contributed by atoms with E-state index in [0.29, 0.717) is 18.1 Å². The van der Waals surface area contributed by atoms with Crippen molar-refractivity contribution in [2.75, 3.05) is 11.1 Å². The van der Waals surface area contributed by atoms with Crippen LogP contribution < -0.4 is 15.8 Å². The Morgan fingerprint density at radius 1 is 1.19 bits per heavy atom. The van der Waals surface area contributed by atoms with Crippen LogP contribution in [0.25, 0.3) is 0 Å². The highest BCUT2D eigenvalue weighted by Gasteiger charge is 2.15. The van der Waals surface area contributed by atoms with Gasteiger partial charge in [-0.1, -0.05) is 34.1 Å². The van der Waals surface area contributed by atoms with Crippen LogP contribution in [0.15, 0.2) is 40.9 Å². The molecule has 0 aliphatic heterocycles. The summed E-state index contributed by atoms with van der Waals surface area (Å²) >= 11 is 3.53. The standard InChI is InChI=1S/C16H20BrN3O/c1-16(2,3)21-15-13(18)8-9-14(20-15)19-10-11-6-4-5-7-12(11)17/h4-9H,10,18H2,1-3H3,(H,19,20). The molecule has 0 bridgehead atoms. The molecule has 0 spiro atoms. The lowest BCUT2D eigenvalue weighted by atomic mass is 10.2. The number of ether oxygens (including phenoxy) is 1. The van der Waals surface area contributed by atoms with Gasteiger partial charge in [-0.3, -0.25) is 0 Å². The third-order valence-corrected chi connectivity index (χ3v) is 3.48. The molecule has 0 unspecified atom stereocenters. The number of rotatable bonds is 4. The Kier molecular flexibility index (Phi) is 4.73. The first-order valence-electron chi connectivity index (χ1n) is 6.78. The number of aromatic nitrogens is 1. The van der Waals surface area contributed by atoms with Crippen molar-refractivity contribution in [3.05, 3.63) is 46.4 Å². The molecule has 3 N–H and O–H groups in total. The zero-order valence-corrected chi connectivity index (χ0v) is 14.1. The maximum absolute atomic E-state index is 5.91. The van der Waals surface area contributed by atoms with Gasteiger partial charge in [-0.15, -0.1) is 0 Å². The number of nitrogens with two attached hydrogens (primary N) is 1. The highest BCUT2D eigenvalue weighted by Crippen LogP contribution is 2.25. The monoisotopic (exact) mass is 349 g/mol. The number of nitrogens with one attached hydrogen (secondary N) is 1. The fourth-order valence-corrected chi connectivity index (χ4v) is 2.17. The lowest BCUT2D eigenvalue weighted by molar-refractivity contribution is 0.125. The van der Waals surface area contributed by atoms with E-state index in [0.717, 1.165) is 15.9 Å². The summed E-state index contributed by atoms with van der Waals surface area (Å²) in [7, 11) is 0. The molecule has 1 heterocycles. The van der Waals surface area contributed by atoms with Gasteiger partial charge in [0.1, 0.15) is 11.4 Å². The van der Waals surface area contributed by atoms with E-state index in [9.17, 15) is 0 Å². The van der Waals surface area contributed by atoms with E-state index in [1.54, 1.807) is 6.07 Å². The molecule has 112 valence electrons. The predicted molar refractivity (Wildman–Crippen MR) is 90.5 cm³/mol. The Morgan fingerprint density at radius 3 is 2.57 bits per heavy atom. The van der Waals surface area contributed by atoms with E-state index in [1.165, 1.54) is 0 Å². The quantitative estimate of drug-likeness (QED) is 0.867. The second kappa shape index (κ2) is 6.35. The molecule has 0 saturated carbocycles. The summed E-state index contributed by atoms with van der Waals surface area (Å²) in [6.07, 6.45) is 0. The third kappa shape index (κ3) is 4.63. The Balaban J connectivity index is 2.11. The van der Waals surface area contributed by atoms with Crippen LogP contribution >= 0.6 is 15.9 Å². The number of benzene rings is 1. The molecular formula is C16H20BrN3O. The zero-order chi connectivity index (χ0) is 15.5. The molecular weight excluding hydrogens is 330 g/mol. The molecule has 0 radical (unpaired) electrons. The number of pyridine rings is 1. The van der Waals surface area contributed by atoms with Gasteiger partial charge in [-0.05, 0) is 44.5 Å². The van der Waals surface area contributed by atoms with Crippen molar-refractivity contribution >= 4 is 27.4 Å². The van der Waals surface area contributed by atoms with Crippen LogP contribution in [0.5, 0.6) is 5.88 Å². The van der Waals surface area contributed by atoms with Gasteiger partial charge in [-0.2, -0.15) is 4.98 Å². The predicted octanol–water partition coefficient (Wildman–Crippen LogP) is 4.22. The third-order valence-electron chi connectivity index (χ3n) is 2.71. The average molecular weight is 350 g/mol. The van der Waals surface area contributed by atoms with E-state index in [2.05, 4.69) is 32.3 Å². The maximum Gasteiger partial charge on any atom is 0.239 e. The van der Waals surface area contributed by atoms with Crippen LogP contribution in [0.4, 0.5) is 11.5 Å².